The van der Waals surface area contributed by atoms with Crippen molar-refractivity contribution < 1.29 is 23.5 Å². The number of hydrogen-bond donors (Lipinski definition) is 0. The summed E-state index contributed by atoms with van der Waals surface area (Å²) in [6.07, 6.45) is -0.502. The zero-order valence-electron chi connectivity index (χ0n) is 12.6. The summed E-state index contributed by atoms with van der Waals surface area (Å²) in [7, 11) is 0. The molecule has 1 aromatic carbocycles. The van der Waals surface area contributed by atoms with E-state index in [2.05, 4.69) is 0 Å². The summed E-state index contributed by atoms with van der Waals surface area (Å²) in [4.78, 5) is 25.5. The van der Waals surface area contributed by atoms with Crippen LogP contribution in [-0.2, 0) is 20.7 Å². The maximum atomic E-state index is 13.5. The molecule has 0 radical (unpaired) electrons. The molecule has 1 amide bonds. The smallest absolute Gasteiger partial charge is 0.415 e. The maximum absolute atomic E-state index is 13.5. The van der Waals surface area contributed by atoms with Crippen molar-refractivity contribution in [2.45, 2.75) is 38.8 Å². The van der Waals surface area contributed by atoms with Gasteiger partial charge in [0, 0.05) is 6.42 Å². The average molecular weight is 330 g/mol. The number of ether oxygens (including phenoxy) is 2. The van der Waals surface area contributed by atoms with E-state index in [0.717, 1.165) is 4.90 Å². The maximum Gasteiger partial charge on any atom is 0.415 e. The van der Waals surface area contributed by atoms with Gasteiger partial charge in [-0.2, -0.15) is 0 Å². The van der Waals surface area contributed by atoms with Crippen molar-refractivity contribution in [3.05, 3.63) is 29.6 Å². The fourth-order valence-corrected chi connectivity index (χ4v) is 2.38. The predicted octanol–water partition coefficient (Wildman–Crippen LogP) is 3.23. The average Bonchev–Trinajstić information content (AvgIpc) is 2.75. The molecular formula is C15H17ClFNO4. The Labute approximate surface area is 132 Å². The number of alkyl halides is 1. The van der Waals surface area contributed by atoms with E-state index in [1.54, 1.807) is 20.8 Å². The summed E-state index contributed by atoms with van der Waals surface area (Å²) in [5.41, 5.74) is 0.239. The molecule has 0 aromatic heterocycles. The molecule has 5 nitrogen and oxygen atoms in total. The molecule has 0 bridgehead atoms. The number of hydrogen-bond acceptors (Lipinski definition) is 4. The first-order valence-corrected chi connectivity index (χ1v) is 7.29. The number of rotatable bonds is 2. The van der Waals surface area contributed by atoms with E-state index in [0.29, 0.717) is 11.3 Å². The van der Waals surface area contributed by atoms with E-state index in [-0.39, 0.29) is 12.5 Å². The van der Waals surface area contributed by atoms with Crippen LogP contribution in [0.15, 0.2) is 18.2 Å². The molecule has 0 spiro atoms. The zero-order chi connectivity index (χ0) is 16.5. The predicted molar refractivity (Wildman–Crippen MR) is 79.4 cm³/mol. The standard InChI is InChI=1S/C15H17ClFNO4/c1-15(2,3)22-14(20)18-11-7-10(17)5-4-9(11)6-12(18)13(19)21-8-16/h4-5,7,12H,6,8H2,1-3H3. The lowest BCUT2D eigenvalue weighted by Crippen LogP contribution is -2.46. The molecule has 22 heavy (non-hydrogen) atoms. The van der Waals surface area contributed by atoms with Crippen LogP contribution in [0.5, 0.6) is 0 Å². The lowest BCUT2D eigenvalue weighted by Gasteiger charge is -2.28. The Balaban J connectivity index is 2.37. The molecule has 0 saturated heterocycles. The van der Waals surface area contributed by atoms with E-state index >= 15 is 0 Å². The van der Waals surface area contributed by atoms with Crippen molar-refractivity contribution in [3.63, 3.8) is 0 Å². The molecule has 1 unspecified atom stereocenters. The Bertz CT molecular complexity index is 600. The first kappa shape index (κ1) is 16.5. The van der Waals surface area contributed by atoms with Crippen molar-refractivity contribution in [1.82, 2.24) is 0 Å². The number of halogens is 2. The summed E-state index contributed by atoms with van der Waals surface area (Å²) in [6, 6.07) is 2.79. The van der Waals surface area contributed by atoms with Gasteiger partial charge in [-0.05, 0) is 38.5 Å². The van der Waals surface area contributed by atoms with Gasteiger partial charge in [0.2, 0.25) is 0 Å². The van der Waals surface area contributed by atoms with Gasteiger partial charge in [-0.15, -0.1) is 0 Å². The third kappa shape index (κ3) is 3.50. The van der Waals surface area contributed by atoms with Gasteiger partial charge >= 0.3 is 12.1 Å². The van der Waals surface area contributed by atoms with E-state index in [1.807, 2.05) is 0 Å². The first-order chi connectivity index (χ1) is 10.2. The van der Waals surface area contributed by atoms with Gasteiger partial charge in [-0.25, -0.2) is 14.0 Å². The van der Waals surface area contributed by atoms with Crippen LogP contribution >= 0.6 is 11.6 Å². The van der Waals surface area contributed by atoms with Crippen LogP contribution in [-0.4, -0.2) is 29.8 Å². The third-order valence-electron chi connectivity index (χ3n) is 3.09. The molecule has 120 valence electrons. The number of nitrogens with zero attached hydrogens (tertiary/aromatic N) is 1. The normalized spacial score (nSPS) is 17.1. The number of fused-ring (bicyclic) bond motifs is 1. The monoisotopic (exact) mass is 329 g/mol. The zero-order valence-corrected chi connectivity index (χ0v) is 13.3. The minimum atomic E-state index is -0.912. The summed E-state index contributed by atoms with van der Waals surface area (Å²) in [5, 5.41) is 0. The van der Waals surface area contributed by atoms with Gasteiger partial charge in [-0.1, -0.05) is 17.7 Å². The Morgan fingerprint density at radius 2 is 2.09 bits per heavy atom. The van der Waals surface area contributed by atoms with Gasteiger partial charge < -0.3 is 9.47 Å². The molecule has 0 fully saturated rings. The largest absolute Gasteiger partial charge is 0.448 e. The molecule has 1 atom stereocenters. The SMILES string of the molecule is CC(C)(C)OC(=O)N1c2cc(F)ccc2CC1C(=O)OCCl. The fraction of sp³-hybridized carbons (Fsp3) is 0.467. The van der Waals surface area contributed by atoms with Gasteiger partial charge in [0.05, 0.1) is 5.69 Å². The van der Waals surface area contributed by atoms with Gasteiger partial charge in [0.25, 0.3) is 0 Å². The lowest BCUT2D eigenvalue weighted by atomic mass is 10.1. The van der Waals surface area contributed by atoms with Crippen molar-refractivity contribution in [1.29, 1.82) is 0 Å². The quantitative estimate of drug-likeness (QED) is 0.617. The molecule has 2 rings (SSSR count). The molecule has 1 aromatic rings. The second-order valence-corrected chi connectivity index (χ2v) is 6.13. The number of amides is 1. The van der Waals surface area contributed by atoms with Crippen LogP contribution in [0.25, 0.3) is 0 Å². The molecule has 1 aliphatic rings. The first-order valence-electron chi connectivity index (χ1n) is 6.76. The number of anilines is 1. The van der Waals surface area contributed by atoms with Crippen LogP contribution in [0, 0.1) is 5.82 Å². The highest BCUT2D eigenvalue weighted by atomic mass is 35.5. The second-order valence-electron chi connectivity index (χ2n) is 5.92. The third-order valence-corrected chi connectivity index (χ3v) is 3.20. The second kappa shape index (κ2) is 6.12. The van der Waals surface area contributed by atoms with Crippen molar-refractivity contribution in [2.75, 3.05) is 11.0 Å². The fourth-order valence-electron chi connectivity index (χ4n) is 2.28. The summed E-state index contributed by atoms with van der Waals surface area (Å²) < 4.78 is 23.6. The van der Waals surface area contributed by atoms with Crippen molar-refractivity contribution >= 4 is 29.4 Å². The molecule has 7 heteroatoms. The van der Waals surface area contributed by atoms with Gasteiger partial charge in [0.1, 0.15) is 17.5 Å². The van der Waals surface area contributed by atoms with Gasteiger partial charge in [-0.3, -0.25) is 4.90 Å². The topological polar surface area (TPSA) is 55.8 Å². The number of carbonyl (C=O) groups excluding carboxylic acids is 2. The molecule has 1 aliphatic heterocycles. The lowest BCUT2D eigenvalue weighted by molar-refractivity contribution is -0.143. The van der Waals surface area contributed by atoms with Crippen LogP contribution < -0.4 is 4.90 Å². The summed E-state index contributed by atoms with van der Waals surface area (Å²) >= 11 is 5.41. The van der Waals surface area contributed by atoms with Crippen LogP contribution in [0.1, 0.15) is 26.3 Å². The number of carbonyl (C=O) groups is 2. The Morgan fingerprint density at radius 3 is 2.68 bits per heavy atom. The van der Waals surface area contributed by atoms with Gasteiger partial charge in [0.15, 0.2) is 6.07 Å². The molecular weight excluding hydrogens is 313 g/mol. The molecule has 0 saturated carbocycles. The number of benzene rings is 1. The molecule has 1 heterocycles. The van der Waals surface area contributed by atoms with Crippen LogP contribution in [0.3, 0.4) is 0 Å². The van der Waals surface area contributed by atoms with E-state index < -0.39 is 29.5 Å². The van der Waals surface area contributed by atoms with Crippen LogP contribution in [0.2, 0.25) is 0 Å². The Hall–Kier alpha value is -1.82. The number of esters is 1. The minimum Gasteiger partial charge on any atom is -0.448 e. The summed E-state index contributed by atoms with van der Waals surface area (Å²) in [6.45, 7) is 5.12. The Kier molecular flexibility index (Phi) is 4.60. The van der Waals surface area contributed by atoms with E-state index in [1.165, 1.54) is 18.2 Å². The summed E-state index contributed by atoms with van der Waals surface area (Å²) in [5.74, 6) is -1.16. The highest BCUT2D eigenvalue weighted by molar-refractivity contribution is 6.17. The van der Waals surface area contributed by atoms with E-state index in [4.69, 9.17) is 21.1 Å². The Morgan fingerprint density at radius 1 is 1.41 bits per heavy atom. The highest BCUT2D eigenvalue weighted by Crippen LogP contribution is 2.34. The van der Waals surface area contributed by atoms with Crippen molar-refractivity contribution in [2.24, 2.45) is 0 Å². The minimum absolute atomic E-state index is 0.227. The molecule has 0 N–H and O–H groups in total. The highest BCUT2D eigenvalue weighted by Gasteiger charge is 2.41. The molecule has 0 aliphatic carbocycles. The van der Waals surface area contributed by atoms with Crippen molar-refractivity contribution in [3.8, 4) is 0 Å². The van der Waals surface area contributed by atoms with Crippen LogP contribution in [0.4, 0.5) is 14.9 Å². The van der Waals surface area contributed by atoms with E-state index in [9.17, 15) is 14.0 Å².